The summed E-state index contributed by atoms with van der Waals surface area (Å²) in [6, 6.07) is 17.4. The third-order valence-electron chi connectivity index (χ3n) is 6.57. The van der Waals surface area contributed by atoms with E-state index in [9.17, 15) is 9.59 Å². The topological polar surface area (TPSA) is 79.1 Å². The minimum Gasteiger partial charge on any atom is -0.496 e. The zero-order valence-corrected chi connectivity index (χ0v) is 26.7. The van der Waals surface area contributed by atoms with Crippen molar-refractivity contribution in [2.75, 3.05) is 13.7 Å². The van der Waals surface area contributed by atoms with Crippen molar-refractivity contribution >= 4 is 62.5 Å². The number of benzene rings is 3. The summed E-state index contributed by atoms with van der Waals surface area (Å²) < 4.78 is 19.4. The minimum atomic E-state index is -0.733. The van der Waals surface area contributed by atoms with E-state index in [1.165, 1.54) is 11.3 Å². The third kappa shape index (κ3) is 6.20. The fraction of sp³-hybridized carbons (Fsp3) is 0.194. The monoisotopic (exact) mass is 686 g/mol. The number of rotatable bonds is 8. The van der Waals surface area contributed by atoms with E-state index < -0.39 is 12.0 Å². The molecule has 7 nitrogen and oxygen atoms in total. The molecular formula is C31H25BrCl2N2O5S. The van der Waals surface area contributed by atoms with Gasteiger partial charge in [0.05, 0.1) is 40.0 Å². The van der Waals surface area contributed by atoms with Gasteiger partial charge in [0, 0.05) is 15.6 Å². The zero-order chi connectivity index (χ0) is 30.0. The molecule has 0 N–H and O–H groups in total. The molecule has 3 aromatic carbocycles. The Morgan fingerprint density at radius 3 is 2.67 bits per heavy atom. The Balaban J connectivity index is 1.55. The van der Waals surface area contributed by atoms with Crippen molar-refractivity contribution in [3.63, 3.8) is 0 Å². The predicted molar refractivity (Wildman–Crippen MR) is 168 cm³/mol. The Labute approximate surface area is 264 Å². The van der Waals surface area contributed by atoms with Crippen molar-refractivity contribution in [3.05, 3.63) is 123 Å². The number of allylic oxidation sites excluding steroid dienone is 1. The Bertz CT molecular complexity index is 1900. The molecule has 0 unspecified atom stereocenters. The summed E-state index contributed by atoms with van der Waals surface area (Å²) in [5.74, 6) is 0.726. The Kier molecular flexibility index (Phi) is 9.22. The summed E-state index contributed by atoms with van der Waals surface area (Å²) in [5.41, 5.74) is 2.81. The van der Waals surface area contributed by atoms with Crippen LogP contribution in [-0.2, 0) is 16.1 Å². The fourth-order valence-electron chi connectivity index (χ4n) is 4.60. The Morgan fingerprint density at radius 2 is 1.95 bits per heavy atom. The lowest BCUT2D eigenvalue weighted by molar-refractivity contribution is -0.139. The lowest BCUT2D eigenvalue weighted by Crippen LogP contribution is -2.39. The van der Waals surface area contributed by atoms with Crippen LogP contribution in [-0.4, -0.2) is 24.3 Å². The molecular weight excluding hydrogens is 663 g/mol. The highest BCUT2D eigenvalue weighted by molar-refractivity contribution is 9.10. The van der Waals surface area contributed by atoms with Gasteiger partial charge in [-0.3, -0.25) is 9.36 Å². The zero-order valence-electron chi connectivity index (χ0n) is 22.8. The summed E-state index contributed by atoms with van der Waals surface area (Å²) in [6.07, 6.45) is 1.79. The van der Waals surface area contributed by atoms with Crippen molar-refractivity contribution in [1.82, 2.24) is 4.57 Å². The number of nitrogens with zero attached hydrogens (tertiary/aromatic N) is 2. The van der Waals surface area contributed by atoms with Gasteiger partial charge in [0.25, 0.3) is 5.56 Å². The highest BCUT2D eigenvalue weighted by Gasteiger charge is 2.33. The predicted octanol–water partition coefficient (Wildman–Crippen LogP) is 6.46. The van der Waals surface area contributed by atoms with E-state index in [-0.39, 0.29) is 18.8 Å². The first-order valence-electron chi connectivity index (χ1n) is 12.9. The summed E-state index contributed by atoms with van der Waals surface area (Å²) in [4.78, 5) is 32.2. The number of carbonyl (C=O) groups is 1. The molecule has 42 heavy (non-hydrogen) atoms. The fourth-order valence-corrected chi connectivity index (χ4v) is 6.67. The van der Waals surface area contributed by atoms with E-state index in [1.54, 1.807) is 49.8 Å². The van der Waals surface area contributed by atoms with Gasteiger partial charge in [0.2, 0.25) is 0 Å². The van der Waals surface area contributed by atoms with Crippen molar-refractivity contribution in [2.45, 2.75) is 26.5 Å². The van der Waals surface area contributed by atoms with Gasteiger partial charge in [-0.15, -0.1) is 0 Å². The van der Waals surface area contributed by atoms with Gasteiger partial charge in [0.1, 0.15) is 18.1 Å². The van der Waals surface area contributed by atoms with Crippen LogP contribution in [0.1, 0.15) is 36.6 Å². The number of halogens is 3. The van der Waals surface area contributed by atoms with Crippen LogP contribution < -0.4 is 24.4 Å². The van der Waals surface area contributed by atoms with E-state index in [2.05, 4.69) is 20.9 Å². The number of hydrogen-bond acceptors (Lipinski definition) is 7. The summed E-state index contributed by atoms with van der Waals surface area (Å²) in [5, 5.41) is 1.08. The summed E-state index contributed by atoms with van der Waals surface area (Å²) in [7, 11) is 1.57. The Morgan fingerprint density at radius 1 is 1.14 bits per heavy atom. The second-order valence-electron chi connectivity index (χ2n) is 9.29. The van der Waals surface area contributed by atoms with Crippen molar-refractivity contribution in [1.29, 1.82) is 0 Å². The quantitative estimate of drug-likeness (QED) is 0.199. The maximum Gasteiger partial charge on any atom is 0.338 e. The van der Waals surface area contributed by atoms with Crippen LogP contribution in [0, 0.1) is 0 Å². The lowest BCUT2D eigenvalue weighted by Gasteiger charge is -2.25. The van der Waals surface area contributed by atoms with Crippen LogP contribution in [0.3, 0.4) is 0 Å². The van der Waals surface area contributed by atoms with Crippen molar-refractivity contribution < 1.29 is 19.0 Å². The van der Waals surface area contributed by atoms with Gasteiger partial charge in [-0.1, -0.05) is 58.8 Å². The first-order valence-corrected chi connectivity index (χ1v) is 15.3. The molecule has 0 saturated carbocycles. The maximum atomic E-state index is 13.9. The van der Waals surface area contributed by atoms with Gasteiger partial charge in [0.15, 0.2) is 4.80 Å². The largest absolute Gasteiger partial charge is 0.496 e. The molecule has 1 atom stereocenters. The van der Waals surface area contributed by atoms with Gasteiger partial charge in [-0.05, 0) is 83.4 Å². The first kappa shape index (κ1) is 30.1. The van der Waals surface area contributed by atoms with Crippen molar-refractivity contribution in [3.8, 4) is 11.5 Å². The van der Waals surface area contributed by atoms with Crippen LogP contribution in [0.25, 0.3) is 6.08 Å². The summed E-state index contributed by atoms with van der Waals surface area (Å²) >= 11 is 17.1. The number of methoxy groups -OCH3 is 1. The van der Waals surface area contributed by atoms with Crippen LogP contribution in [0.5, 0.6) is 11.5 Å². The molecule has 0 spiro atoms. The summed E-state index contributed by atoms with van der Waals surface area (Å²) in [6.45, 7) is 3.95. The molecule has 216 valence electrons. The van der Waals surface area contributed by atoms with Gasteiger partial charge in [-0.25, -0.2) is 9.79 Å². The van der Waals surface area contributed by atoms with Gasteiger partial charge >= 0.3 is 5.97 Å². The number of hydrogen-bond donors (Lipinski definition) is 0. The highest BCUT2D eigenvalue weighted by Crippen LogP contribution is 2.35. The molecule has 1 aliphatic heterocycles. The molecule has 11 heteroatoms. The molecule has 1 aliphatic rings. The standard InChI is InChI=1S/C31H25BrCl2N2O5S/c1-4-40-30(38)27-17(2)35-31-36(28(27)19-9-11-25(39-3)23(32)14-19)29(37)26(42-31)13-18-6-5-7-22(12-18)41-16-20-8-10-21(33)15-24(20)34/h5-15,28H,4,16H2,1-3H3/b26-13+/t28-/m0/s1. The van der Waals surface area contributed by atoms with Crippen LogP contribution in [0.15, 0.2) is 86.2 Å². The van der Waals surface area contributed by atoms with Gasteiger partial charge in [-0.2, -0.15) is 0 Å². The second-order valence-corrected chi connectivity index (χ2v) is 12.0. The van der Waals surface area contributed by atoms with E-state index >= 15 is 0 Å². The second kappa shape index (κ2) is 12.9. The number of thiazole rings is 1. The molecule has 1 aromatic heterocycles. The molecule has 0 aliphatic carbocycles. The number of ether oxygens (including phenoxy) is 3. The highest BCUT2D eigenvalue weighted by atomic mass is 79.9. The molecule has 0 radical (unpaired) electrons. The minimum absolute atomic E-state index is 0.196. The molecule has 0 fully saturated rings. The number of fused-ring (bicyclic) bond motifs is 1. The van der Waals surface area contributed by atoms with E-state index in [1.807, 2.05) is 42.5 Å². The smallest absolute Gasteiger partial charge is 0.338 e. The van der Waals surface area contributed by atoms with E-state index in [0.717, 1.165) is 11.1 Å². The normalized spacial score (nSPS) is 14.8. The molecule has 2 heterocycles. The first-order chi connectivity index (χ1) is 20.2. The molecule has 0 saturated heterocycles. The Hall–Kier alpha value is -3.37. The van der Waals surface area contributed by atoms with E-state index in [0.29, 0.717) is 52.2 Å². The molecule has 0 bridgehead atoms. The van der Waals surface area contributed by atoms with E-state index in [4.69, 9.17) is 37.4 Å². The lowest BCUT2D eigenvalue weighted by atomic mass is 9.96. The average Bonchev–Trinajstić information content (AvgIpc) is 3.26. The maximum absolute atomic E-state index is 13.9. The number of aromatic nitrogens is 1. The number of carbonyl (C=O) groups excluding carboxylic acids is 1. The number of esters is 1. The molecule has 5 rings (SSSR count). The SMILES string of the molecule is CCOC(=O)C1=C(C)N=c2s/c(=C/c3cccc(OCc4ccc(Cl)cc4Cl)c3)c(=O)n2[C@H]1c1ccc(OC)c(Br)c1. The van der Waals surface area contributed by atoms with Crippen LogP contribution in [0.4, 0.5) is 0 Å². The molecule has 0 amide bonds. The van der Waals surface area contributed by atoms with Crippen molar-refractivity contribution in [2.24, 2.45) is 4.99 Å². The van der Waals surface area contributed by atoms with Crippen LogP contribution >= 0.6 is 50.5 Å². The third-order valence-corrected chi connectivity index (χ3v) is 8.76. The average molecular weight is 688 g/mol. The molecule has 4 aromatic rings. The van der Waals surface area contributed by atoms with Crippen LogP contribution in [0.2, 0.25) is 10.0 Å². The van der Waals surface area contributed by atoms with Gasteiger partial charge < -0.3 is 14.2 Å².